The van der Waals surface area contributed by atoms with Crippen molar-refractivity contribution in [1.82, 2.24) is 0 Å². The molecule has 0 spiro atoms. The van der Waals surface area contributed by atoms with Gasteiger partial charge in [0.15, 0.2) is 0 Å². The van der Waals surface area contributed by atoms with E-state index in [1.54, 1.807) is 0 Å². The predicted molar refractivity (Wildman–Crippen MR) is 99.4 cm³/mol. The van der Waals surface area contributed by atoms with Crippen LogP contribution in [0.5, 0.6) is 0 Å². The van der Waals surface area contributed by atoms with E-state index in [1.165, 1.54) is 16.8 Å². The summed E-state index contributed by atoms with van der Waals surface area (Å²) in [6.45, 7) is 7.67. The standard InChI is InChI=1S/C22H27NO/c1-15(2)22(3)21-20(18-11-7-8-12-19(18)23-21)17(14-24-22)13-16-9-5-4-6-10-16/h4-12,15,17,20-21,23H,13-14H2,1-3H3. The van der Waals surface area contributed by atoms with Gasteiger partial charge in [0.1, 0.15) is 0 Å². The van der Waals surface area contributed by atoms with Crippen LogP contribution < -0.4 is 5.32 Å². The Morgan fingerprint density at radius 2 is 1.79 bits per heavy atom. The molecule has 126 valence electrons. The Hall–Kier alpha value is -1.80. The molecule has 0 aromatic heterocycles. The van der Waals surface area contributed by atoms with Crippen molar-refractivity contribution in [3.63, 3.8) is 0 Å². The lowest BCUT2D eigenvalue weighted by Gasteiger charge is -2.49. The molecule has 0 amide bonds. The van der Waals surface area contributed by atoms with Gasteiger partial charge in [-0.25, -0.2) is 0 Å². The molecule has 2 heteroatoms. The number of benzene rings is 2. The molecule has 4 unspecified atom stereocenters. The van der Waals surface area contributed by atoms with E-state index in [-0.39, 0.29) is 5.60 Å². The summed E-state index contributed by atoms with van der Waals surface area (Å²) in [5.74, 6) is 1.51. The van der Waals surface area contributed by atoms with Crippen molar-refractivity contribution in [2.75, 3.05) is 11.9 Å². The fourth-order valence-electron chi connectivity index (χ4n) is 4.49. The first-order valence-corrected chi connectivity index (χ1v) is 9.13. The molecule has 2 aromatic rings. The first-order valence-electron chi connectivity index (χ1n) is 9.13. The summed E-state index contributed by atoms with van der Waals surface area (Å²) in [5, 5.41) is 3.80. The zero-order valence-corrected chi connectivity index (χ0v) is 14.8. The molecule has 1 fully saturated rings. The summed E-state index contributed by atoms with van der Waals surface area (Å²) in [6, 6.07) is 20.0. The van der Waals surface area contributed by atoms with Crippen molar-refractivity contribution >= 4 is 5.69 Å². The lowest BCUT2D eigenvalue weighted by Crippen LogP contribution is -2.57. The van der Waals surface area contributed by atoms with E-state index in [0.717, 1.165) is 13.0 Å². The number of anilines is 1. The molecule has 0 radical (unpaired) electrons. The van der Waals surface area contributed by atoms with Crippen LogP contribution in [0.25, 0.3) is 0 Å². The molecule has 0 saturated carbocycles. The maximum absolute atomic E-state index is 6.49. The van der Waals surface area contributed by atoms with Crippen molar-refractivity contribution in [3.8, 4) is 0 Å². The van der Waals surface area contributed by atoms with E-state index < -0.39 is 0 Å². The van der Waals surface area contributed by atoms with E-state index in [4.69, 9.17) is 4.74 Å². The summed E-state index contributed by atoms with van der Waals surface area (Å²) in [7, 11) is 0. The number of hydrogen-bond donors (Lipinski definition) is 1. The highest BCUT2D eigenvalue weighted by molar-refractivity contribution is 5.61. The highest BCUT2D eigenvalue weighted by atomic mass is 16.5. The van der Waals surface area contributed by atoms with Crippen molar-refractivity contribution in [3.05, 3.63) is 65.7 Å². The van der Waals surface area contributed by atoms with Crippen LogP contribution in [0.3, 0.4) is 0 Å². The van der Waals surface area contributed by atoms with Gasteiger partial charge in [0, 0.05) is 11.6 Å². The van der Waals surface area contributed by atoms with Crippen LogP contribution in [0, 0.1) is 11.8 Å². The van der Waals surface area contributed by atoms with Gasteiger partial charge in [-0.05, 0) is 42.4 Å². The smallest absolute Gasteiger partial charge is 0.0883 e. The quantitative estimate of drug-likeness (QED) is 0.871. The summed E-state index contributed by atoms with van der Waals surface area (Å²) < 4.78 is 6.49. The average molecular weight is 321 g/mol. The van der Waals surface area contributed by atoms with Crippen molar-refractivity contribution in [1.29, 1.82) is 0 Å². The Balaban J connectivity index is 1.70. The Labute approximate surface area is 145 Å². The highest BCUT2D eigenvalue weighted by Gasteiger charge is 2.53. The van der Waals surface area contributed by atoms with Crippen LogP contribution >= 0.6 is 0 Å². The molecular weight excluding hydrogens is 294 g/mol. The second kappa shape index (κ2) is 5.93. The maximum Gasteiger partial charge on any atom is 0.0883 e. The summed E-state index contributed by atoms with van der Waals surface area (Å²) in [5.41, 5.74) is 4.04. The topological polar surface area (TPSA) is 21.3 Å². The molecule has 1 saturated heterocycles. The predicted octanol–water partition coefficient (Wildman–Crippen LogP) is 4.87. The maximum atomic E-state index is 6.49. The first kappa shape index (κ1) is 15.7. The fourth-order valence-corrected chi connectivity index (χ4v) is 4.49. The largest absolute Gasteiger partial charge is 0.379 e. The molecule has 24 heavy (non-hydrogen) atoms. The Morgan fingerprint density at radius 1 is 1.08 bits per heavy atom. The minimum atomic E-state index is -0.128. The number of fused-ring (bicyclic) bond motifs is 3. The van der Waals surface area contributed by atoms with Crippen molar-refractivity contribution in [2.45, 2.75) is 44.8 Å². The van der Waals surface area contributed by atoms with E-state index >= 15 is 0 Å². The third-order valence-corrected chi connectivity index (χ3v) is 6.21. The molecule has 2 heterocycles. The molecule has 4 rings (SSSR count). The van der Waals surface area contributed by atoms with Gasteiger partial charge in [-0.15, -0.1) is 0 Å². The molecule has 2 aliphatic heterocycles. The fraction of sp³-hybridized carbons (Fsp3) is 0.455. The van der Waals surface area contributed by atoms with Gasteiger partial charge in [-0.3, -0.25) is 0 Å². The molecular formula is C22H27NO. The van der Waals surface area contributed by atoms with Crippen LogP contribution in [0.1, 0.15) is 37.8 Å². The molecule has 4 atom stereocenters. The van der Waals surface area contributed by atoms with Gasteiger partial charge < -0.3 is 10.1 Å². The number of para-hydroxylation sites is 1. The molecule has 2 nitrogen and oxygen atoms in total. The Kier molecular flexibility index (Phi) is 3.88. The van der Waals surface area contributed by atoms with Gasteiger partial charge >= 0.3 is 0 Å². The van der Waals surface area contributed by atoms with Gasteiger partial charge in [-0.2, -0.15) is 0 Å². The minimum Gasteiger partial charge on any atom is -0.379 e. The van der Waals surface area contributed by atoms with Crippen LogP contribution in [-0.4, -0.2) is 18.2 Å². The van der Waals surface area contributed by atoms with Crippen LogP contribution in [-0.2, 0) is 11.2 Å². The lowest BCUT2D eigenvalue weighted by molar-refractivity contribution is -0.129. The molecule has 2 aromatic carbocycles. The van der Waals surface area contributed by atoms with Crippen LogP contribution in [0.2, 0.25) is 0 Å². The number of ether oxygens (including phenoxy) is 1. The van der Waals surface area contributed by atoms with Gasteiger partial charge in [0.25, 0.3) is 0 Å². The zero-order chi connectivity index (χ0) is 16.7. The van der Waals surface area contributed by atoms with Crippen molar-refractivity contribution < 1.29 is 4.74 Å². The molecule has 2 aliphatic rings. The normalized spacial score (nSPS) is 31.4. The van der Waals surface area contributed by atoms with E-state index in [2.05, 4.69) is 80.7 Å². The van der Waals surface area contributed by atoms with Crippen LogP contribution in [0.4, 0.5) is 5.69 Å². The van der Waals surface area contributed by atoms with Gasteiger partial charge in [0.05, 0.1) is 18.2 Å². The molecule has 1 N–H and O–H groups in total. The number of nitrogens with one attached hydrogen (secondary N) is 1. The Morgan fingerprint density at radius 3 is 2.54 bits per heavy atom. The SMILES string of the molecule is CC(C)C1(C)OCC(Cc2ccccc2)C2c3ccccc3NC21. The van der Waals surface area contributed by atoms with E-state index in [0.29, 0.717) is 23.8 Å². The van der Waals surface area contributed by atoms with Gasteiger partial charge in [-0.1, -0.05) is 62.4 Å². The van der Waals surface area contributed by atoms with E-state index in [1.807, 2.05) is 0 Å². The second-order valence-corrected chi connectivity index (χ2v) is 7.83. The van der Waals surface area contributed by atoms with Crippen molar-refractivity contribution in [2.24, 2.45) is 11.8 Å². The van der Waals surface area contributed by atoms with E-state index in [9.17, 15) is 0 Å². The third kappa shape index (κ3) is 2.44. The highest BCUT2D eigenvalue weighted by Crippen LogP contribution is 2.51. The summed E-state index contributed by atoms with van der Waals surface area (Å²) in [6.07, 6.45) is 1.08. The summed E-state index contributed by atoms with van der Waals surface area (Å²) in [4.78, 5) is 0. The number of rotatable bonds is 3. The second-order valence-electron chi connectivity index (χ2n) is 7.83. The zero-order valence-electron chi connectivity index (χ0n) is 14.8. The lowest BCUT2D eigenvalue weighted by atomic mass is 9.69. The number of hydrogen-bond acceptors (Lipinski definition) is 2. The average Bonchev–Trinajstić information content (AvgIpc) is 2.99. The summed E-state index contributed by atoms with van der Waals surface area (Å²) >= 11 is 0. The Bertz CT molecular complexity index is 711. The third-order valence-electron chi connectivity index (χ3n) is 6.21. The van der Waals surface area contributed by atoms with Gasteiger partial charge in [0.2, 0.25) is 0 Å². The molecule has 0 bridgehead atoms. The van der Waals surface area contributed by atoms with Crippen LogP contribution in [0.15, 0.2) is 54.6 Å². The monoisotopic (exact) mass is 321 g/mol. The first-order chi connectivity index (χ1) is 11.6. The molecule has 0 aliphatic carbocycles. The minimum absolute atomic E-state index is 0.128.